The number of carbonyl (C=O) groups is 1. The minimum atomic E-state index is 0.254. The Morgan fingerprint density at radius 3 is 2.44 bits per heavy atom. The fraction of sp³-hybridized carbons (Fsp3) is 0.929. The van der Waals surface area contributed by atoms with Crippen LogP contribution >= 0.6 is 0 Å². The van der Waals surface area contributed by atoms with Crippen molar-refractivity contribution in [2.45, 2.75) is 44.9 Å². The van der Waals surface area contributed by atoms with Crippen LogP contribution in [-0.2, 0) is 9.53 Å². The Morgan fingerprint density at radius 2 is 1.89 bits per heavy atom. The zero-order chi connectivity index (χ0) is 13.2. The molecule has 0 heterocycles. The maximum atomic E-state index is 12.2. The molecule has 0 aromatic rings. The monoisotopic (exact) mass is 256 g/mol. The Morgan fingerprint density at radius 1 is 1.22 bits per heavy atom. The highest BCUT2D eigenvalue weighted by atomic mass is 16.5. The molecule has 1 aliphatic carbocycles. The van der Waals surface area contributed by atoms with Crippen LogP contribution in [-0.4, -0.2) is 44.2 Å². The summed E-state index contributed by atoms with van der Waals surface area (Å²) in [4.78, 5) is 14.1. The summed E-state index contributed by atoms with van der Waals surface area (Å²) in [7, 11) is 1.66. The predicted octanol–water partition coefficient (Wildman–Crippen LogP) is 1.78. The predicted molar refractivity (Wildman–Crippen MR) is 73.3 cm³/mol. The first-order valence-electron chi connectivity index (χ1n) is 7.24. The average Bonchev–Trinajstić information content (AvgIpc) is 2.63. The van der Waals surface area contributed by atoms with Gasteiger partial charge in [0.05, 0.1) is 6.61 Å². The molecular formula is C14H28N2O2. The van der Waals surface area contributed by atoms with Crippen molar-refractivity contribution >= 4 is 5.91 Å². The van der Waals surface area contributed by atoms with Crippen molar-refractivity contribution in [2.75, 3.05) is 33.4 Å². The van der Waals surface area contributed by atoms with Crippen LogP contribution in [0.2, 0.25) is 0 Å². The van der Waals surface area contributed by atoms with Gasteiger partial charge in [-0.05, 0) is 18.8 Å². The van der Waals surface area contributed by atoms with E-state index >= 15 is 0 Å². The van der Waals surface area contributed by atoms with Gasteiger partial charge in [-0.15, -0.1) is 0 Å². The maximum Gasteiger partial charge on any atom is 0.222 e. The van der Waals surface area contributed by atoms with Crippen LogP contribution in [0.15, 0.2) is 0 Å². The average molecular weight is 256 g/mol. The van der Waals surface area contributed by atoms with Gasteiger partial charge in [0.2, 0.25) is 5.91 Å². The van der Waals surface area contributed by atoms with Crippen LogP contribution in [0.25, 0.3) is 0 Å². The second-order valence-electron chi connectivity index (χ2n) is 5.22. The Hall–Kier alpha value is -0.610. The quantitative estimate of drug-likeness (QED) is 0.706. The standard InChI is InChI=1S/C14H28N2O2/c1-18-11-10-16(9-8-15)14(17)12-13-6-4-2-3-5-7-13/h13H,2-12,15H2,1H3. The van der Waals surface area contributed by atoms with Crippen molar-refractivity contribution in [3.05, 3.63) is 0 Å². The van der Waals surface area contributed by atoms with Gasteiger partial charge in [-0.2, -0.15) is 0 Å². The fourth-order valence-electron chi connectivity index (χ4n) is 2.66. The van der Waals surface area contributed by atoms with Crippen LogP contribution < -0.4 is 5.73 Å². The van der Waals surface area contributed by atoms with Gasteiger partial charge in [0.25, 0.3) is 0 Å². The second-order valence-corrected chi connectivity index (χ2v) is 5.22. The van der Waals surface area contributed by atoms with Gasteiger partial charge in [-0.25, -0.2) is 0 Å². The molecular weight excluding hydrogens is 228 g/mol. The Balaban J connectivity index is 2.38. The largest absolute Gasteiger partial charge is 0.383 e. The van der Waals surface area contributed by atoms with E-state index in [-0.39, 0.29) is 5.91 Å². The third-order valence-electron chi connectivity index (χ3n) is 3.76. The van der Waals surface area contributed by atoms with E-state index < -0.39 is 0 Å². The van der Waals surface area contributed by atoms with E-state index in [1.54, 1.807) is 7.11 Å². The third-order valence-corrected chi connectivity index (χ3v) is 3.76. The number of amides is 1. The van der Waals surface area contributed by atoms with Crippen LogP contribution in [0.5, 0.6) is 0 Å². The minimum absolute atomic E-state index is 0.254. The summed E-state index contributed by atoms with van der Waals surface area (Å²) in [5.41, 5.74) is 5.56. The summed E-state index contributed by atoms with van der Waals surface area (Å²) in [6.45, 7) is 2.44. The molecule has 1 aliphatic rings. The van der Waals surface area contributed by atoms with Gasteiger partial charge in [-0.1, -0.05) is 25.7 Å². The molecule has 0 spiro atoms. The maximum absolute atomic E-state index is 12.2. The third kappa shape index (κ3) is 5.83. The molecule has 0 unspecified atom stereocenters. The normalized spacial score (nSPS) is 17.4. The molecule has 2 N–H and O–H groups in total. The van der Waals surface area contributed by atoms with E-state index in [2.05, 4.69) is 0 Å². The molecule has 1 fully saturated rings. The van der Waals surface area contributed by atoms with Gasteiger partial charge in [-0.3, -0.25) is 4.79 Å². The SMILES string of the molecule is COCCN(CCN)C(=O)CC1CCCCCC1. The molecule has 0 aromatic heterocycles. The molecule has 1 amide bonds. The number of hydrogen-bond donors (Lipinski definition) is 1. The van der Waals surface area contributed by atoms with Crippen molar-refractivity contribution < 1.29 is 9.53 Å². The van der Waals surface area contributed by atoms with Gasteiger partial charge in [0.15, 0.2) is 0 Å². The number of ether oxygens (including phenoxy) is 1. The van der Waals surface area contributed by atoms with E-state index in [0.29, 0.717) is 38.6 Å². The van der Waals surface area contributed by atoms with Gasteiger partial charge >= 0.3 is 0 Å². The molecule has 0 aromatic carbocycles. The van der Waals surface area contributed by atoms with Crippen molar-refractivity contribution in [3.63, 3.8) is 0 Å². The lowest BCUT2D eigenvalue weighted by Crippen LogP contribution is -2.38. The summed E-state index contributed by atoms with van der Waals surface area (Å²) in [5, 5.41) is 0. The molecule has 18 heavy (non-hydrogen) atoms. The summed E-state index contributed by atoms with van der Waals surface area (Å²) in [5.74, 6) is 0.840. The molecule has 4 heteroatoms. The van der Waals surface area contributed by atoms with Gasteiger partial charge in [0, 0.05) is 33.2 Å². The van der Waals surface area contributed by atoms with E-state index in [4.69, 9.17) is 10.5 Å². The number of nitrogens with two attached hydrogens (primary N) is 1. The highest BCUT2D eigenvalue weighted by molar-refractivity contribution is 5.76. The highest BCUT2D eigenvalue weighted by Crippen LogP contribution is 2.25. The molecule has 1 saturated carbocycles. The minimum Gasteiger partial charge on any atom is -0.383 e. The summed E-state index contributed by atoms with van der Waals surface area (Å²) in [6, 6.07) is 0. The zero-order valence-electron chi connectivity index (χ0n) is 11.7. The Labute approximate surface area is 111 Å². The smallest absolute Gasteiger partial charge is 0.222 e. The summed E-state index contributed by atoms with van der Waals surface area (Å²) in [6.07, 6.45) is 8.37. The Kier molecular flexibility index (Phi) is 8.01. The van der Waals surface area contributed by atoms with E-state index in [1.165, 1.54) is 38.5 Å². The first-order chi connectivity index (χ1) is 8.77. The van der Waals surface area contributed by atoms with Crippen molar-refractivity contribution in [1.29, 1.82) is 0 Å². The van der Waals surface area contributed by atoms with Gasteiger partial charge in [0.1, 0.15) is 0 Å². The van der Waals surface area contributed by atoms with Crippen molar-refractivity contribution in [2.24, 2.45) is 11.7 Å². The van der Waals surface area contributed by atoms with Crippen molar-refractivity contribution in [3.8, 4) is 0 Å². The number of carbonyl (C=O) groups excluding carboxylic acids is 1. The molecule has 1 rings (SSSR count). The lowest BCUT2D eigenvalue weighted by Gasteiger charge is -2.24. The molecule has 0 radical (unpaired) electrons. The number of methoxy groups -OCH3 is 1. The van der Waals surface area contributed by atoms with Crippen LogP contribution in [0.3, 0.4) is 0 Å². The molecule has 4 nitrogen and oxygen atoms in total. The summed E-state index contributed by atoms with van der Waals surface area (Å²) < 4.78 is 5.04. The number of hydrogen-bond acceptors (Lipinski definition) is 3. The molecule has 106 valence electrons. The van der Waals surface area contributed by atoms with Crippen LogP contribution in [0.4, 0.5) is 0 Å². The lowest BCUT2D eigenvalue weighted by molar-refractivity contribution is -0.132. The van der Waals surface area contributed by atoms with E-state index in [0.717, 1.165) is 0 Å². The zero-order valence-corrected chi connectivity index (χ0v) is 11.7. The fourth-order valence-corrected chi connectivity index (χ4v) is 2.66. The molecule has 0 saturated heterocycles. The van der Waals surface area contributed by atoms with Crippen LogP contribution in [0, 0.1) is 5.92 Å². The molecule has 0 atom stereocenters. The van der Waals surface area contributed by atoms with E-state index in [1.807, 2.05) is 4.90 Å². The highest BCUT2D eigenvalue weighted by Gasteiger charge is 2.19. The molecule has 0 aliphatic heterocycles. The second kappa shape index (κ2) is 9.34. The summed E-state index contributed by atoms with van der Waals surface area (Å²) >= 11 is 0. The Bertz CT molecular complexity index is 226. The van der Waals surface area contributed by atoms with Crippen molar-refractivity contribution in [1.82, 2.24) is 4.90 Å². The first kappa shape index (κ1) is 15.4. The molecule has 0 bridgehead atoms. The van der Waals surface area contributed by atoms with Gasteiger partial charge < -0.3 is 15.4 Å². The number of rotatable bonds is 7. The topological polar surface area (TPSA) is 55.6 Å². The first-order valence-corrected chi connectivity index (χ1v) is 7.24. The van der Waals surface area contributed by atoms with Crippen LogP contribution in [0.1, 0.15) is 44.9 Å². The number of nitrogens with zero attached hydrogens (tertiary/aromatic N) is 1. The lowest BCUT2D eigenvalue weighted by atomic mass is 9.96. The van der Waals surface area contributed by atoms with E-state index in [9.17, 15) is 4.79 Å².